The molecule has 7 nitrogen and oxygen atoms in total. The minimum absolute atomic E-state index is 0.0301. The second kappa shape index (κ2) is 6.69. The number of nitrogens with zero attached hydrogens (tertiary/aromatic N) is 2. The van der Waals surface area contributed by atoms with E-state index in [0.29, 0.717) is 24.9 Å². The van der Waals surface area contributed by atoms with Crippen molar-refractivity contribution >= 4 is 15.8 Å². The van der Waals surface area contributed by atoms with Crippen LogP contribution in [0.25, 0.3) is 0 Å². The lowest BCUT2D eigenvalue weighted by atomic mass is 10.2. The van der Waals surface area contributed by atoms with Gasteiger partial charge in [-0.15, -0.1) is 0 Å². The molecular weight excluding hydrogens is 292 g/mol. The Morgan fingerprint density at radius 3 is 2.71 bits per heavy atom. The van der Waals surface area contributed by atoms with Gasteiger partial charge >= 0.3 is 0 Å². The van der Waals surface area contributed by atoms with Crippen molar-refractivity contribution in [2.45, 2.75) is 30.7 Å². The van der Waals surface area contributed by atoms with Crippen molar-refractivity contribution in [1.29, 1.82) is 0 Å². The molecule has 3 N–H and O–H groups in total. The van der Waals surface area contributed by atoms with Crippen molar-refractivity contribution in [1.82, 2.24) is 9.29 Å². The fourth-order valence-electron chi connectivity index (χ4n) is 2.29. The summed E-state index contributed by atoms with van der Waals surface area (Å²) in [5.41, 5.74) is 2.38. The number of pyridine rings is 1. The van der Waals surface area contributed by atoms with Crippen LogP contribution in [0.2, 0.25) is 0 Å². The number of nitrogens with one attached hydrogen (secondary N) is 1. The van der Waals surface area contributed by atoms with Gasteiger partial charge < -0.3 is 10.2 Å². The Bertz CT molecular complexity index is 557. The number of hydrogen-bond donors (Lipinski definition) is 2. The Morgan fingerprint density at radius 1 is 1.52 bits per heavy atom. The van der Waals surface area contributed by atoms with E-state index in [2.05, 4.69) is 10.4 Å². The van der Waals surface area contributed by atoms with Crippen LogP contribution >= 0.6 is 0 Å². The number of hydrogen-bond acceptors (Lipinski definition) is 6. The van der Waals surface area contributed by atoms with E-state index in [0.717, 1.165) is 12.8 Å². The largest absolute Gasteiger partial charge is 0.383 e. The third kappa shape index (κ3) is 3.70. The Morgan fingerprint density at radius 2 is 2.24 bits per heavy atom. The zero-order valence-corrected chi connectivity index (χ0v) is 13.1. The van der Waals surface area contributed by atoms with Gasteiger partial charge in [0.2, 0.25) is 10.0 Å². The molecule has 1 atom stereocenters. The minimum Gasteiger partial charge on any atom is -0.383 e. The van der Waals surface area contributed by atoms with Crippen LogP contribution in [0.15, 0.2) is 23.2 Å². The first-order valence-corrected chi connectivity index (χ1v) is 8.38. The number of nitrogens with two attached hydrogens (primary N) is 1. The first kappa shape index (κ1) is 16.2. The van der Waals surface area contributed by atoms with Crippen LogP contribution in [0, 0.1) is 5.92 Å². The van der Waals surface area contributed by atoms with Crippen LogP contribution in [-0.2, 0) is 14.8 Å². The van der Waals surface area contributed by atoms with Gasteiger partial charge in [0, 0.05) is 25.9 Å². The molecule has 0 bridgehead atoms. The molecule has 0 amide bonds. The Kier molecular flexibility index (Phi) is 5.15. The van der Waals surface area contributed by atoms with Crippen LogP contribution in [0.3, 0.4) is 0 Å². The number of anilines is 1. The van der Waals surface area contributed by atoms with Crippen molar-refractivity contribution < 1.29 is 13.2 Å². The maximum absolute atomic E-state index is 12.8. The van der Waals surface area contributed by atoms with Crippen LogP contribution in [0.1, 0.15) is 19.8 Å². The molecule has 0 aliphatic heterocycles. The monoisotopic (exact) mass is 314 g/mol. The van der Waals surface area contributed by atoms with Gasteiger partial charge in [-0.3, -0.25) is 0 Å². The Labute approximate surface area is 125 Å². The summed E-state index contributed by atoms with van der Waals surface area (Å²) in [5.74, 6) is 6.10. The topological polar surface area (TPSA) is 97.5 Å². The summed E-state index contributed by atoms with van der Waals surface area (Å²) >= 11 is 0. The molecule has 0 aromatic carbocycles. The number of methoxy groups -OCH3 is 1. The molecule has 1 aliphatic carbocycles. The van der Waals surface area contributed by atoms with Crippen LogP contribution < -0.4 is 11.3 Å². The first-order chi connectivity index (χ1) is 10.0. The minimum atomic E-state index is -3.58. The van der Waals surface area contributed by atoms with E-state index in [-0.39, 0.29) is 10.9 Å². The number of rotatable bonds is 8. The summed E-state index contributed by atoms with van der Waals surface area (Å²) in [6, 6.07) is 3.03. The third-order valence-electron chi connectivity index (χ3n) is 3.77. The van der Waals surface area contributed by atoms with Gasteiger partial charge in [0.15, 0.2) is 0 Å². The highest BCUT2D eigenvalue weighted by Crippen LogP contribution is 2.37. The predicted octanol–water partition coefficient (Wildman–Crippen LogP) is 0.803. The maximum Gasteiger partial charge on any atom is 0.244 e. The smallest absolute Gasteiger partial charge is 0.244 e. The fourth-order valence-corrected chi connectivity index (χ4v) is 3.91. The van der Waals surface area contributed by atoms with E-state index >= 15 is 0 Å². The van der Waals surface area contributed by atoms with E-state index in [1.165, 1.54) is 16.6 Å². The maximum atomic E-state index is 12.8. The highest BCUT2D eigenvalue weighted by Gasteiger charge is 2.38. The van der Waals surface area contributed by atoms with Gasteiger partial charge in [-0.1, -0.05) is 0 Å². The molecule has 1 aromatic heterocycles. The second-order valence-corrected chi connectivity index (χ2v) is 7.10. The fraction of sp³-hybridized carbons (Fsp3) is 0.615. The molecular formula is C13H22N4O3S. The summed E-state index contributed by atoms with van der Waals surface area (Å²) in [4.78, 5) is 4.14. The van der Waals surface area contributed by atoms with Crippen molar-refractivity contribution in [2.24, 2.45) is 11.8 Å². The zero-order chi connectivity index (χ0) is 15.5. The molecule has 1 aromatic rings. The summed E-state index contributed by atoms with van der Waals surface area (Å²) in [6.45, 7) is 2.66. The summed E-state index contributed by atoms with van der Waals surface area (Å²) in [6.07, 6.45) is 3.48. The van der Waals surface area contributed by atoms with Crippen LogP contribution in [0.5, 0.6) is 0 Å². The molecule has 8 heteroatoms. The Hall–Kier alpha value is -1.22. The Balaban J connectivity index is 2.26. The molecule has 118 valence electrons. The lowest BCUT2D eigenvalue weighted by molar-refractivity contribution is 0.164. The van der Waals surface area contributed by atoms with Gasteiger partial charge in [-0.2, -0.15) is 4.31 Å². The van der Waals surface area contributed by atoms with E-state index in [1.807, 2.05) is 6.92 Å². The quantitative estimate of drug-likeness (QED) is 0.544. The number of nitrogen functional groups attached to an aromatic ring is 1. The number of sulfonamides is 1. The van der Waals surface area contributed by atoms with Crippen molar-refractivity contribution in [3.63, 3.8) is 0 Å². The van der Waals surface area contributed by atoms with Gasteiger partial charge in [-0.05, 0) is 37.8 Å². The van der Waals surface area contributed by atoms with E-state index in [4.69, 9.17) is 10.6 Å². The first-order valence-electron chi connectivity index (χ1n) is 6.94. The van der Waals surface area contributed by atoms with Crippen molar-refractivity contribution in [3.8, 4) is 0 Å². The highest BCUT2D eigenvalue weighted by molar-refractivity contribution is 7.89. The summed E-state index contributed by atoms with van der Waals surface area (Å²) in [5, 5.41) is 0. The van der Waals surface area contributed by atoms with Crippen molar-refractivity contribution in [2.75, 3.05) is 25.7 Å². The molecule has 2 rings (SSSR count). The molecule has 21 heavy (non-hydrogen) atoms. The average molecular weight is 314 g/mol. The van der Waals surface area contributed by atoms with E-state index in [9.17, 15) is 8.42 Å². The van der Waals surface area contributed by atoms with Gasteiger partial charge in [0.1, 0.15) is 10.7 Å². The van der Waals surface area contributed by atoms with Crippen molar-refractivity contribution in [3.05, 3.63) is 18.3 Å². The molecule has 0 saturated heterocycles. The second-order valence-electron chi connectivity index (χ2n) is 5.21. The van der Waals surface area contributed by atoms with Gasteiger partial charge in [-0.25, -0.2) is 19.2 Å². The normalized spacial score (nSPS) is 17.0. The summed E-state index contributed by atoms with van der Waals surface area (Å²) < 4.78 is 32.1. The molecule has 0 radical (unpaired) electrons. The van der Waals surface area contributed by atoms with Crippen LogP contribution in [-0.4, -0.2) is 44.0 Å². The predicted molar refractivity (Wildman–Crippen MR) is 80.0 cm³/mol. The third-order valence-corrected chi connectivity index (χ3v) is 5.73. The molecule has 1 unspecified atom stereocenters. The van der Waals surface area contributed by atoms with E-state index < -0.39 is 10.0 Å². The number of hydrazine groups is 1. The molecule has 1 saturated carbocycles. The average Bonchev–Trinajstić information content (AvgIpc) is 3.32. The number of aromatic nitrogens is 1. The lowest BCUT2D eigenvalue weighted by Crippen LogP contribution is -2.41. The lowest BCUT2D eigenvalue weighted by Gasteiger charge is -2.28. The molecule has 1 heterocycles. The zero-order valence-electron chi connectivity index (χ0n) is 12.3. The standard InChI is InChI=1S/C13H22N4O3S/c1-10(11-3-4-11)17(7-8-20-2)21(18,19)12-5-6-13(16-14)15-9-12/h5-6,9-11H,3-4,7-8,14H2,1-2H3,(H,15,16). The van der Waals surface area contributed by atoms with Crippen LogP contribution in [0.4, 0.5) is 5.82 Å². The van der Waals surface area contributed by atoms with Gasteiger partial charge in [0.25, 0.3) is 0 Å². The molecule has 0 spiro atoms. The summed E-state index contributed by atoms with van der Waals surface area (Å²) in [7, 11) is -2.01. The van der Waals surface area contributed by atoms with Gasteiger partial charge in [0.05, 0.1) is 6.61 Å². The molecule has 1 fully saturated rings. The van der Waals surface area contributed by atoms with E-state index in [1.54, 1.807) is 13.2 Å². The molecule has 1 aliphatic rings. The number of ether oxygens (including phenoxy) is 1. The highest BCUT2D eigenvalue weighted by atomic mass is 32.2. The SMILES string of the molecule is COCCN(C(C)C1CC1)S(=O)(=O)c1ccc(NN)nc1.